The Labute approximate surface area is 161 Å². The molecule has 2 rings (SSSR count). The maximum Gasteiger partial charge on any atom is 0.191 e. The van der Waals surface area contributed by atoms with Gasteiger partial charge in [0.2, 0.25) is 0 Å². The summed E-state index contributed by atoms with van der Waals surface area (Å²) in [4.78, 5) is 11.2. The molecule has 2 N–H and O–H groups in total. The van der Waals surface area contributed by atoms with Crippen LogP contribution in [0.1, 0.15) is 35.7 Å². The van der Waals surface area contributed by atoms with E-state index in [1.807, 2.05) is 6.92 Å². The summed E-state index contributed by atoms with van der Waals surface area (Å²) in [5, 5.41) is 9.99. The van der Waals surface area contributed by atoms with Gasteiger partial charge in [-0.25, -0.2) is 4.98 Å². The third-order valence-corrected chi connectivity index (χ3v) is 5.14. The SMILES string of the molecule is CCN(CC)Cc1cccc(CNC(=NC)NCCc2csc(C)n2)c1. The van der Waals surface area contributed by atoms with Gasteiger partial charge in [0.05, 0.1) is 10.7 Å². The summed E-state index contributed by atoms with van der Waals surface area (Å²) in [7, 11) is 1.80. The van der Waals surface area contributed by atoms with E-state index in [0.29, 0.717) is 0 Å². The van der Waals surface area contributed by atoms with Gasteiger partial charge in [0.25, 0.3) is 0 Å². The quantitative estimate of drug-likeness (QED) is 0.523. The third kappa shape index (κ3) is 6.77. The summed E-state index contributed by atoms with van der Waals surface area (Å²) >= 11 is 1.70. The van der Waals surface area contributed by atoms with E-state index in [2.05, 4.69) is 69.0 Å². The molecule has 26 heavy (non-hydrogen) atoms. The summed E-state index contributed by atoms with van der Waals surface area (Å²) in [6.45, 7) is 11.2. The number of aromatic nitrogens is 1. The van der Waals surface area contributed by atoms with Crippen molar-refractivity contribution < 1.29 is 0 Å². The highest BCUT2D eigenvalue weighted by molar-refractivity contribution is 7.09. The minimum atomic E-state index is 0.765. The number of rotatable bonds is 9. The molecule has 0 saturated carbocycles. The van der Waals surface area contributed by atoms with Crippen molar-refractivity contribution in [3.8, 4) is 0 Å². The van der Waals surface area contributed by atoms with Gasteiger partial charge in [-0.3, -0.25) is 9.89 Å². The lowest BCUT2D eigenvalue weighted by atomic mass is 10.1. The second-order valence-corrected chi connectivity index (χ2v) is 7.30. The van der Waals surface area contributed by atoms with Crippen LogP contribution in [-0.2, 0) is 19.5 Å². The summed E-state index contributed by atoms with van der Waals surface area (Å²) < 4.78 is 0. The highest BCUT2D eigenvalue weighted by Gasteiger charge is 2.04. The monoisotopic (exact) mass is 373 g/mol. The zero-order chi connectivity index (χ0) is 18.8. The van der Waals surface area contributed by atoms with Gasteiger partial charge in [-0.15, -0.1) is 11.3 Å². The van der Waals surface area contributed by atoms with Crippen LogP contribution in [0.3, 0.4) is 0 Å². The molecule has 5 nitrogen and oxygen atoms in total. The lowest BCUT2D eigenvalue weighted by molar-refractivity contribution is 0.296. The van der Waals surface area contributed by atoms with Gasteiger partial charge >= 0.3 is 0 Å². The van der Waals surface area contributed by atoms with Crippen molar-refractivity contribution in [2.75, 3.05) is 26.7 Å². The molecule has 0 aliphatic heterocycles. The van der Waals surface area contributed by atoms with Crippen molar-refractivity contribution in [1.82, 2.24) is 20.5 Å². The summed E-state index contributed by atoms with van der Waals surface area (Å²) in [6.07, 6.45) is 0.907. The first-order chi connectivity index (χ1) is 12.6. The molecular weight excluding hydrogens is 342 g/mol. The van der Waals surface area contributed by atoms with Gasteiger partial charge in [0.1, 0.15) is 0 Å². The first-order valence-electron chi connectivity index (χ1n) is 9.30. The lowest BCUT2D eigenvalue weighted by Crippen LogP contribution is -2.37. The van der Waals surface area contributed by atoms with Gasteiger partial charge in [0.15, 0.2) is 5.96 Å². The van der Waals surface area contributed by atoms with Crippen molar-refractivity contribution in [1.29, 1.82) is 0 Å². The number of benzene rings is 1. The minimum absolute atomic E-state index is 0.765. The number of thiazole rings is 1. The van der Waals surface area contributed by atoms with Gasteiger partial charge in [-0.2, -0.15) is 0 Å². The number of hydrogen-bond donors (Lipinski definition) is 2. The van der Waals surface area contributed by atoms with E-state index >= 15 is 0 Å². The molecular formula is C20H31N5S. The van der Waals surface area contributed by atoms with E-state index < -0.39 is 0 Å². The molecule has 142 valence electrons. The first-order valence-corrected chi connectivity index (χ1v) is 10.2. The number of aryl methyl sites for hydroxylation is 1. The van der Waals surface area contributed by atoms with E-state index in [-0.39, 0.29) is 0 Å². The minimum Gasteiger partial charge on any atom is -0.356 e. The van der Waals surface area contributed by atoms with Gasteiger partial charge in [0, 0.05) is 38.5 Å². The molecule has 0 bridgehead atoms. The van der Waals surface area contributed by atoms with Crippen LogP contribution in [-0.4, -0.2) is 42.5 Å². The second kappa shape index (κ2) is 10.9. The van der Waals surface area contributed by atoms with Crippen LogP contribution >= 0.6 is 11.3 Å². The summed E-state index contributed by atoms with van der Waals surface area (Å²) in [6, 6.07) is 8.77. The van der Waals surface area contributed by atoms with Crippen LogP contribution in [0, 0.1) is 6.92 Å². The normalized spacial score (nSPS) is 11.8. The van der Waals surface area contributed by atoms with E-state index in [0.717, 1.165) is 55.8 Å². The maximum atomic E-state index is 4.49. The first kappa shape index (κ1) is 20.4. The number of guanidine groups is 1. The van der Waals surface area contributed by atoms with Crippen molar-refractivity contribution in [3.05, 3.63) is 51.5 Å². The van der Waals surface area contributed by atoms with Crippen LogP contribution in [0.15, 0.2) is 34.6 Å². The molecule has 2 aromatic rings. The molecule has 0 unspecified atom stereocenters. The van der Waals surface area contributed by atoms with Crippen LogP contribution in [0.25, 0.3) is 0 Å². The van der Waals surface area contributed by atoms with Gasteiger partial charge in [-0.05, 0) is 31.1 Å². The maximum absolute atomic E-state index is 4.49. The van der Waals surface area contributed by atoms with Gasteiger partial charge in [-0.1, -0.05) is 38.1 Å². The Bertz CT molecular complexity index is 691. The molecule has 0 atom stereocenters. The molecule has 0 aliphatic carbocycles. The predicted octanol–water partition coefficient (Wildman–Crippen LogP) is 3.20. The predicted molar refractivity (Wildman–Crippen MR) is 112 cm³/mol. The zero-order valence-electron chi connectivity index (χ0n) is 16.4. The molecule has 6 heteroatoms. The standard InChI is InChI=1S/C20H31N5S/c1-5-25(6-2)14-18-9-7-8-17(12-18)13-23-20(21-4)22-11-10-19-15-26-16(3)24-19/h7-9,12,15H,5-6,10-11,13-14H2,1-4H3,(H2,21,22,23). The molecule has 0 saturated heterocycles. The van der Waals surface area contributed by atoms with Crippen molar-refractivity contribution in [2.24, 2.45) is 4.99 Å². The summed E-state index contributed by atoms with van der Waals surface area (Å²) in [5.74, 6) is 0.825. The van der Waals surface area contributed by atoms with E-state index in [9.17, 15) is 0 Å². The van der Waals surface area contributed by atoms with E-state index in [1.165, 1.54) is 11.1 Å². The summed E-state index contributed by atoms with van der Waals surface area (Å²) in [5.41, 5.74) is 3.77. The Kier molecular flexibility index (Phi) is 8.58. The molecule has 0 spiro atoms. The fourth-order valence-electron chi connectivity index (χ4n) is 2.78. The second-order valence-electron chi connectivity index (χ2n) is 6.24. The Hall–Kier alpha value is -1.92. The number of nitrogens with one attached hydrogen (secondary N) is 2. The van der Waals surface area contributed by atoms with Crippen LogP contribution in [0.5, 0.6) is 0 Å². The van der Waals surface area contributed by atoms with Crippen molar-refractivity contribution in [3.63, 3.8) is 0 Å². The highest BCUT2D eigenvalue weighted by atomic mass is 32.1. The van der Waals surface area contributed by atoms with Crippen LogP contribution < -0.4 is 10.6 Å². The fourth-order valence-corrected chi connectivity index (χ4v) is 3.43. The average Bonchev–Trinajstić information content (AvgIpc) is 3.08. The smallest absolute Gasteiger partial charge is 0.191 e. The van der Waals surface area contributed by atoms with E-state index in [1.54, 1.807) is 18.4 Å². The van der Waals surface area contributed by atoms with E-state index in [4.69, 9.17) is 0 Å². The molecule has 1 heterocycles. The molecule has 0 radical (unpaired) electrons. The van der Waals surface area contributed by atoms with Crippen LogP contribution in [0.4, 0.5) is 0 Å². The number of nitrogens with zero attached hydrogens (tertiary/aromatic N) is 3. The Morgan fingerprint density at radius 1 is 1.19 bits per heavy atom. The fraction of sp³-hybridized carbons (Fsp3) is 0.500. The van der Waals surface area contributed by atoms with Crippen molar-refractivity contribution >= 4 is 17.3 Å². The molecule has 0 fully saturated rings. The third-order valence-electron chi connectivity index (χ3n) is 4.32. The van der Waals surface area contributed by atoms with Crippen LogP contribution in [0.2, 0.25) is 0 Å². The number of hydrogen-bond acceptors (Lipinski definition) is 4. The molecule has 0 amide bonds. The molecule has 0 aliphatic rings. The van der Waals surface area contributed by atoms with Crippen molar-refractivity contribution in [2.45, 2.75) is 40.3 Å². The largest absolute Gasteiger partial charge is 0.356 e. The topological polar surface area (TPSA) is 52.5 Å². The Morgan fingerprint density at radius 3 is 2.62 bits per heavy atom. The molecule has 1 aromatic heterocycles. The average molecular weight is 374 g/mol. The number of aliphatic imine (C=N–C) groups is 1. The lowest BCUT2D eigenvalue weighted by Gasteiger charge is -2.18. The van der Waals surface area contributed by atoms with Gasteiger partial charge < -0.3 is 10.6 Å². The zero-order valence-corrected chi connectivity index (χ0v) is 17.2. The highest BCUT2D eigenvalue weighted by Crippen LogP contribution is 2.09. The Morgan fingerprint density at radius 2 is 1.96 bits per heavy atom. The molecule has 1 aromatic carbocycles. The Balaban J connectivity index is 1.80.